The van der Waals surface area contributed by atoms with E-state index in [0.717, 1.165) is 35.5 Å². The van der Waals surface area contributed by atoms with E-state index in [-0.39, 0.29) is 35.1 Å². The third-order valence-corrected chi connectivity index (χ3v) is 7.57. The fourth-order valence-corrected chi connectivity index (χ4v) is 5.47. The lowest BCUT2D eigenvalue weighted by Gasteiger charge is -2.28. The molecule has 1 aliphatic rings. The molecule has 200 valence electrons. The van der Waals surface area contributed by atoms with Crippen molar-refractivity contribution in [3.05, 3.63) is 68.1 Å². The molecule has 0 amide bonds. The number of hydrogen-bond acceptors (Lipinski definition) is 9. The second kappa shape index (κ2) is 11.1. The molecule has 38 heavy (non-hydrogen) atoms. The quantitative estimate of drug-likeness (QED) is 0.340. The minimum absolute atomic E-state index is 0.137. The number of oxazole rings is 1. The average Bonchev–Trinajstić information content (AvgIpc) is 3.65. The van der Waals surface area contributed by atoms with E-state index in [9.17, 15) is 9.59 Å². The number of piperidine rings is 1. The standard InChI is InChI=1S/C25H27ClFN7O3S/c1-31(2)18-14-33(15-32-9-4-3-5-10-32)20(35)12-17(18)22-21(27)23(29-13-16-6-7-19(26)38-16)34(30-22)25(36)24-28-8-11-37-24/h6-8,11-12,14,29H,3-5,9-10,13,15H2,1-2H3. The summed E-state index contributed by atoms with van der Waals surface area (Å²) in [4.78, 5) is 35.0. The van der Waals surface area contributed by atoms with Crippen molar-refractivity contribution in [1.82, 2.24) is 24.2 Å². The first-order valence-corrected chi connectivity index (χ1v) is 13.4. The summed E-state index contributed by atoms with van der Waals surface area (Å²) in [5.41, 5.74) is 0.438. The van der Waals surface area contributed by atoms with Gasteiger partial charge in [-0.05, 0) is 38.1 Å². The molecular weight excluding hydrogens is 533 g/mol. The molecule has 1 aliphatic heterocycles. The summed E-state index contributed by atoms with van der Waals surface area (Å²) >= 11 is 7.36. The molecule has 0 saturated carbocycles. The van der Waals surface area contributed by atoms with Gasteiger partial charge in [-0.3, -0.25) is 19.1 Å². The molecule has 0 spiro atoms. The zero-order chi connectivity index (χ0) is 26.8. The van der Waals surface area contributed by atoms with Crippen LogP contribution >= 0.6 is 22.9 Å². The number of anilines is 2. The van der Waals surface area contributed by atoms with Crippen LogP contribution < -0.4 is 15.8 Å². The van der Waals surface area contributed by atoms with Crippen LogP contribution in [0.2, 0.25) is 4.34 Å². The Hall–Kier alpha value is -3.48. The van der Waals surface area contributed by atoms with Crippen LogP contribution in [0.1, 0.15) is 34.8 Å². The number of likely N-dealkylation sites (tertiary alicyclic amines) is 1. The Bertz CT molecular complexity index is 1490. The minimum Gasteiger partial charge on any atom is -0.441 e. The first-order valence-electron chi connectivity index (χ1n) is 12.2. The lowest BCUT2D eigenvalue weighted by molar-refractivity contribution is 0.0912. The lowest BCUT2D eigenvalue weighted by Crippen LogP contribution is -2.35. The molecular formula is C25H27ClFN7O3S. The number of rotatable bonds is 8. The van der Waals surface area contributed by atoms with E-state index >= 15 is 4.39 Å². The molecule has 10 nitrogen and oxygen atoms in total. The number of thiophene rings is 1. The van der Waals surface area contributed by atoms with Gasteiger partial charge < -0.3 is 14.6 Å². The Kier molecular flexibility index (Phi) is 7.63. The molecule has 5 heterocycles. The van der Waals surface area contributed by atoms with E-state index in [0.29, 0.717) is 16.7 Å². The molecule has 1 saturated heterocycles. The normalized spacial score (nSPS) is 14.1. The smallest absolute Gasteiger partial charge is 0.335 e. The predicted molar refractivity (Wildman–Crippen MR) is 145 cm³/mol. The van der Waals surface area contributed by atoms with E-state index in [4.69, 9.17) is 16.0 Å². The summed E-state index contributed by atoms with van der Waals surface area (Å²) in [6.45, 7) is 2.52. The molecule has 0 atom stereocenters. The van der Waals surface area contributed by atoms with E-state index in [1.165, 1.54) is 36.3 Å². The van der Waals surface area contributed by atoms with Crippen molar-refractivity contribution >= 4 is 40.4 Å². The van der Waals surface area contributed by atoms with Gasteiger partial charge in [-0.2, -0.15) is 9.78 Å². The van der Waals surface area contributed by atoms with Gasteiger partial charge in [0.25, 0.3) is 11.4 Å². The number of aromatic nitrogens is 4. The van der Waals surface area contributed by atoms with Gasteiger partial charge in [-0.1, -0.05) is 18.0 Å². The summed E-state index contributed by atoms with van der Waals surface area (Å²) in [5, 5.41) is 7.26. The van der Waals surface area contributed by atoms with E-state index in [1.807, 2.05) is 6.07 Å². The van der Waals surface area contributed by atoms with Crippen molar-refractivity contribution in [2.24, 2.45) is 0 Å². The van der Waals surface area contributed by atoms with Crippen LogP contribution in [0.5, 0.6) is 0 Å². The Morgan fingerprint density at radius 1 is 1.26 bits per heavy atom. The molecule has 1 fully saturated rings. The molecule has 0 aromatic carbocycles. The second-order valence-corrected chi connectivity index (χ2v) is 11.0. The molecule has 13 heteroatoms. The van der Waals surface area contributed by atoms with Gasteiger partial charge in [-0.25, -0.2) is 9.37 Å². The Balaban J connectivity index is 1.56. The fourth-order valence-electron chi connectivity index (χ4n) is 4.44. The topological polar surface area (TPSA) is 101 Å². The van der Waals surface area contributed by atoms with Crippen molar-refractivity contribution in [1.29, 1.82) is 0 Å². The van der Waals surface area contributed by atoms with Gasteiger partial charge in [0, 0.05) is 36.8 Å². The SMILES string of the molecule is CN(C)c1cn(CN2CCCCC2)c(=O)cc1-c1nn(C(=O)c2ncco2)c(NCc2ccc(Cl)s2)c1F. The molecule has 0 bridgehead atoms. The van der Waals surface area contributed by atoms with Crippen molar-refractivity contribution in [3.63, 3.8) is 0 Å². The van der Waals surface area contributed by atoms with Gasteiger partial charge in [0.15, 0.2) is 11.6 Å². The van der Waals surface area contributed by atoms with Crippen molar-refractivity contribution in [2.75, 3.05) is 37.4 Å². The number of nitrogens with zero attached hydrogens (tertiary/aromatic N) is 6. The first kappa shape index (κ1) is 26.1. The zero-order valence-electron chi connectivity index (χ0n) is 21.0. The third-order valence-electron chi connectivity index (χ3n) is 6.34. The van der Waals surface area contributed by atoms with Crippen LogP contribution in [0.15, 0.2) is 46.1 Å². The third kappa shape index (κ3) is 5.38. The highest BCUT2D eigenvalue weighted by molar-refractivity contribution is 7.16. The zero-order valence-corrected chi connectivity index (χ0v) is 22.6. The molecule has 0 radical (unpaired) electrons. The lowest BCUT2D eigenvalue weighted by atomic mass is 10.1. The number of carbonyl (C=O) groups is 1. The number of halogens is 2. The van der Waals surface area contributed by atoms with Crippen LogP contribution in [-0.2, 0) is 13.2 Å². The number of pyridine rings is 1. The maximum absolute atomic E-state index is 16.0. The van der Waals surface area contributed by atoms with Crippen molar-refractivity contribution in [2.45, 2.75) is 32.5 Å². The molecule has 4 aromatic heterocycles. The maximum Gasteiger partial charge on any atom is 0.335 e. The molecule has 5 rings (SSSR count). The maximum atomic E-state index is 16.0. The van der Waals surface area contributed by atoms with E-state index in [1.54, 1.807) is 35.8 Å². The van der Waals surface area contributed by atoms with Gasteiger partial charge >= 0.3 is 5.91 Å². The largest absolute Gasteiger partial charge is 0.441 e. The molecule has 0 unspecified atom stereocenters. The highest BCUT2D eigenvalue weighted by Crippen LogP contribution is 2.34. The van der Waals surface area contributed by atoms with Gasteiger partial charge in [0.1, 0.15) is 12.0 Å². The number of hydrogen-bond donors (Lipinski definition) is 1. The van der Waals surface area contributed by atoms with Crippen LogP contribution in [0, 0.1) is 5.82 Å². The predicted octanol–water partition coefficient (Wildman–Crippen LogP) is 4.36. The average molecular weight is 560 g/mol. The van der Waals surface area contributed by atoms with E-state index in [2.05, 4.69) is 20.3 Å². The monoisotopic (exact) mass is 559 g/mol. The van der Waals surface area contributed by atoms with Gasteiger partial charge in [0.05, 0.1) is 29.4 Å². The van der Waals surface area contributed by atoms with Gasteiger partial charge in [-0.15, -0.1) is 11.3 Å². The summed E-state index contributed by atoms with van der Waals surface area (Å²) in [5.74, 6) is -1.94. The summed E-state index contributed by atoms with van der Waals surface area (Å²) < 4.78 is 24.3. The Labute approximate surface area is 227 Å². The molecule has 1 N–H and O–H groups in total. The fraction of sp³-hybridized carbons (Fsp3) is 0.360. The van der Waals surface area contributed by atoms with Crippen molar-refractivity contribution in [3.8, 4) is 11.3 Å². The summed E-state index contributed by atoms with van der Waals surface area (Å²) in [6.07, 6.45) is 7.67. The van der Waals surface area contributed by atoms with Crippen molar-refractivity contribution < 1.29 is 13.6 Å². The molecule has 4 aromatic rings. The van der Waals surface area contributed by atoms with Crippen LogP contribution in [-0.4, -0.2) is 57.3 Å². The minimum atomic E-state index is -0.774. The number of nitrogens with one attached hydrogen (secondary N) is 1. The van der Waals surface area contributed by atoms with Crippen LogP contribution in [0.3, 0.4) is 0 Å². The highest BCUT2D eigenvalue weighted by atomic mass is 35.5. The van der Waals surface area contributed by atoms with Crippen LogP contribution in [0.25, 0.3) is 11.3 Å². The summed E-state index contributed by atoms with van der Waals surface area (Å²) in [6, 6.07) is 4.91. The first-order chi connectivity index (χ1) is 18.3. The second-order valence-electron chi connectivity index (χ2n) is 9.22. The Morgan fingerprint density at radius 2 is 2.05 bits per heavy atom. The molecule has 0 aliphatic carbocycles. The number of carbonyl (C=O) groups excluding carboxylic acids is 1. The van der Waals surface area contributed by atoms with Gasteiger partial charge in [0.2, 0.25) is 0 Å². The Morgan fingerprint density at radius 3 is 2.71 bits per heavy atom. The van der Waals surface area contributed by atoms with Crippen LogP contribution in [0.4, 0.5) is 15.9 Å². The highest BCUT2D eigenvalue weighted by Gasteiger charge is 2.28. The van der Waals surface area contributed by atoms with E-state index < -0.39 is 11.7 Å². The summed E-state index contributed by atoms with van der Waals surface area (Å²) in [7, 11) is 3.61.